The molecule has 3 aromatic rings. The molecule has 1 heterocycles. The van der Waals surface area contributed by atoms with Gasteiger partial charge in [-0.3, -0.25) is 4.79 Å². The van der Waals surface area contributed by atoms with E-state index < -0.39 is 0 Å². The van der Waals surface area contributed by atoms with Crippen molar-refractivity contribution in [1.82, 2.24) is 4.57 Å². The normalized spacial score (nSPS) is 11.0. The van der Waals surface area contributed by atoms with E-state index >= 15 is 0 Å². The number of para-hydroxylation sites is 1. The summed E-state index contributed by atoms with van der Waals surface area (Å²) in [5, 5.41) is 4.09. The van der Waals surface area contributed by atoms with Crippen molar-refractivity contribution in [2.45, 2.75) is 26.3 Å². The Kier molecular flexibility index (Phi) is 3.96. The highest BCUT2D eigenvalue weighted by atomic mass is 16.1. The number of anilines is 1. The van der Waals surface area contributed by atoms with E-state index in [1.165, 1.54) is 10.9 Å². The van der Waals surface area contributed by atoms with Crippen LogP contribution in [0.1, 0.15) is 25.3 Å². The van der Waals surface area contributed by atoms with Gasteiger partial charge in [-0.2, -0.15) is 0 Å². The van der Waals surface area contributed by atoms with Crippen molar-refractivity contribution in [2.75, 3.05) is 5.32 Å². The molecule has 0 saturated carbocycles. The predicted molar refractivity (Wildman–Crippen MR) is 91.1 cm³/mol. The van der Waals surface area contributed by atoms with Gasteiger partial charge >= 0.3 is 0 Å². The first-order chi connectivity index (χ1) is 10.6. The Bertz CT molecular complexity index is 788. The minimum Gasteiger partial charge on any atom is -0.338 e. The van der Waals surface area contributed by atoms with Gasteiger partial charge in [0, 0.05) is 17.4 Å². The van der Waals surface area contributed by atoms with Crippen LogP contribution in [0.5, 0.6) is 0 Å². The van der Waals surface area contributed by atoms with Crippen LogP contribution in [0, 0.1) is 0 Å². The summed E-state index contributed by atoms with van der Waals surface area (Å²) < 4.78 is 1.98. The fraction of sp³-hybridized carbons (Fsp3) is 0.211. The summed E-state index contributed by atoms with van der Waals surface area (Å²) in [5.74, 6) is 0.491. The molecule has 1 N–H and O–H groups in total. The van der Waals surface area contributed by atoms with Crippen molar-refractivity contribution in [3.63, 3.8) is 0 Å². The lowest BCUT2D eigenvalue weighted by atomic mass is 10.0. The molecule has 0 atom stereocenters. The zero-order chi connectivity index (χ0) is 15.5. The van der Waals surface area contributed by atoms with Crippen LogP contribution < -0.4 is 5.32 Å². The molecule has 3 rings (SSSR count). The number of carbonyl (C=O) groups is 1. The minimum absolute atomic E-state index is 0.0170. The highest BCUT2D eigenvalue weighted by Gasteiger charge is 2.08. The Morgan fingerprint density at radius 2 is 1.86 bits per heavy atom. The smallest absolute Gasteiger partial charge is 0.244 e. The number of nitrogens with zero attached hydrogens (tertiary/aromatic N) is 1. The van der Waals surface area contributed by atoms with Crippen molar-refractivity contribution in [3.8, 4) is 0 Å². The fourth-order valence-electron chi connectivity index (χ4n) is 2.59. The van der Waals surface area contributed by atoms with E-state index in [1.807, 2.05) is 41.1 Å². The molecule has 0 saturated heterocycles. The van der Waals surface area contributed by atoms with Gasteiger partial charge in [0.05, 0.1) is 0 Å². The lowest BCUT2D eigenvalue weighted by Gasteiger charge is -2.09. The van der Waals surface area contributed by atoms with Gasteiger partial charge in [0.2, 0.25) is 5.91 Å². The number of aromatic nitrogens is 1. The third-order valence-electron chi connectivity index (χ3n) is 3.83. The second-order valence-corrected chi connectivity index (χ2v) is 5.83. The van der Waals surface area contributed by atoms with Gasteiger partial charge in [-0.15, -0.1) is 0 Å². The van der Waals surface area contributed by atoms with Crippen molar-refractivity contribution in [2.24, 2.45) is 0 Å². The monoisotopic (exact) mass is 292 g/mol. The molecule has 0 aliphatic heterocycles. The van der Waals surface area contributed by atoms with Gasteiger partial charge < -0.3 is 9.88 Å². The number of amides is 1. The summed E-state index contributed by atoms with van der Waals surface area (Å²) in [5.41, 5.74) is 3.23. The summed E-state index contributed by atoms with van der Waals surface area (Å²) in [4.78, 5) is 12.2. The fourth-order valence-corrected chi connectivity index (χ4v) is 2.59. The molecule has 0 spiro atoms. The van der Waals surface area contributed by atoms with Crippen LogP contribution in [0.15, 0.2) is 60.8 Å². The molecule has 3 heteroatoms. The number of rotatable bonds is 4. The van der Waals surface area contributed by atoms with E-state index in [9.17, 15) is 4.79 Å². The molecule has 1 aromatic heterocycles. The molecule has 0 fully saturated rings. The first-order valence-corrected chi connectivity index (χ1v) is 7.57. The van der Waals surface area contributed by atoms with Crippen LogP contribution in [0.4, 0.5) is 5.69 Å². The molecule has 2 aromatic carbocycles. The number of carbonyl (C=O) groups excluding carboxylic acids is 1. The molecule has 3 nitrogen and oxygen atoms in total. The lowest BCUT2D eigenvalue weighted by Crippen LogP contribution is -2.18. The topological polar surface area (TPSA) is 34.0 Å². The number of nitrogens with one attached hydrogen (secondary N) is 1. The van der Waals surface area contributed by atoms with Gasteiger partial charge in [0.25, 0.3) is 0 Å². The summed E-state index contributed by atoms with van der Waals surface area (Å²) in [6.45, 7) is 4.69. The maximum absolute atomic E-state index is 12.2. The molecule has 0 aliphatic carbocycles. The minimum atomic E-state index is -0.0170. The Balaban J connectivity index is 1.78. The molecular weight excluding hydrogens is 272 g/mol. The van der Waals surface area contributed by atoms with Gasteiger partial charge in [0.15, 0.2) is 0 Å². The molecule has 0 unspecified atom stereocenters. The highest BCUT2D eigenvalue weighted by Crippen LogP contribution is 2.22. The number of hydrogen-bond donors (Lipinski definition) is 1. The van der Waals surface area contributed by atoms with Crippen LogP contribution in [0.25, 0.3) is 10.9 Å². The quantitative estimate of drug-likeness (QED) is 0.759. The predicted octanol–water partition coefficient (Wildman–Crippen LogP) is 4.40. The second-order valence-electron chi connectivity index (χ2n) is 5.83. The van der Waals surface area contributed by atoms with Crippen molar-refractivity contribution in [3.05, 3.63) is 66.4 Å². The summed E-state index contributed by atoms with van der Waals surface area (Å²) in [7, 11) is 0. The first kappa shape index (κ1) is 14.4. The van der Waals surface area contributed by atoms with E-state index in [1.54, 1.807) is 0 Å². The van der Waals surface area contributed by atoms with Gasteiger partial charge in [-0.05, 0) is 47.2 Å². The summed E-state index contributed by atoms with van der Waals surface area (Å²) >= 11 is 0. The highest BCUT2D eigenvalue weighted by molar-refractivity contribution is 5.92. The van der Waals surface area contributed by atoms with Crippen LogP contribution in [-0.4, -0.2) is 10.5 Å². The van der Waals surface area contributed by atoms with Crippen LogP contribution in [0.2, 0.25) is 0 Å². The van der Waals surface area contributed by atoms with Crippen LogP contribution in [0.3, 0.4) is 0 Å². The van der Waals surface area contributed by atoms with Gasteiger partial charge in [-0.1, -0.05) is 38.1 Å². The van der Waals surface area contributed by atoms with Gasteiger partial charge in [-0.25, -0.2) is 0 Å². The zero-order valence-electron chi connectivity index (χ0n) is 12.9. The largest absolute Gasteiger partial charge is 0.338 e. The Morgan fingerprint density at radius 3 is 2.59 bits per heavy atom. The van der Waals surface area contributed by atoms with E-state index in [2.05, 4.69) is 43.4 Å². The van der Waals surface area contributed by atoms with Crippen LogP contribution >= 0.6 is 0 Å². The number of hydrogen-bond acceptors (Lipinski definition) is 1. The van der Waals surface area contributed by atoms with E-state index in [-0.39, 0.29) is 5.91 Å². The van der Waals surface area contributed by atoms with E-state index in [0.717, 1.165) is 11.2 Å². The maximum Gasteiger partial charge on any atom is 0.244 e. The third kappa shape index (κ3) is 3.03. The summed E-state index contributed by atoms with van der Waals surface area (Å²) in [6.07, 6.45) is 1.97. The Hall–Kier alpha value is -2.55. The average molecular weight is 292 g/mol. The molecule has 0 bridgehead atoms. The molecule has 0 radical (unpaired) electrons. The SMILES string of the molecule is CC(C)c1ccc2c(ccn2CC(=O)Nc2ccccc2)c1. The Morgan fingerprint density at radius 1 is 1.09 bits per heavy atom. The van der Waals surface area contributed by atoms with Gasteiger partial charge in [0.1, 0.15) is 6.54 Å². The van der Waals surface area contributed by atoms with Crippen LogP contribution in [-0.2, 0) is 11.3 Å². The Labute approximate surface area is 130 Å². The van der Waals surface area contributed by atoms with Crippen molar-refractivity contribution >= 4 is 22.5 Å². The van der Waals surface area contributed by atoms with E-state index in [0.29, 0.717) is 12.5 Å². The van der Waals surface area contributed by atoms with Crippen molar-refractivity contribution < 1.29 is 4.79 Å². The average Bonchev–Trinajstić information content (AvgIpc) is 2.90. The zero-order valence-corrected chi connectivity index (χ0v) is 12.9. The maximum atomic E-state index is 12.2. The molecule has 1 amide bonds. The molecular formula is C19H20N2O. The lowest BCUT2D eigenvalue weighted by molar-refractivity contribution is -0.116. The second kappa shape index (κ2) is 6.06. The number of benzene rings is 2. The number of fused-ring (bicyclic) bond motifs is 1. The molecule has 0 aliphatic rings. The van der Waals surface area contributed by atoms with Crippen molar-refractivity contribution in [1.29, 1.82) is 0 Å². The molecule has 22 heavy (non-hydrogen) atoms. The third-order valence-corrected chi connectivity index (χ3v) is 3.83. The summed E-state index contributed by atoms with van der Waals surface area (Å²) in [6, 6.07) is 18.0. The first-order valence-electron chi connectivity index (χ1n) is 7.57. The molecule has 112 valence electrons. The standard InChI is InChI=1S/C19H20N2O/c1-14(2)15-8-9-18-16(12-15)10-11-21(18)13-19(22)20-17-6-4-3-5-7-17/h3-12,14H,13H2,1-2H3,(H,20,22). The van der Waals surface area contributed by atoms with E-state index in [4.69, 9.17) is 0 Å².